The van der Waals surface area contributed by atoms with Gasteiger partial charge >= 0.3 is 0 Å². The quantitative estimate of drug-likeness (QED) is 0.577. The summed E-state index contributed by atoms with van der Waals surface area (Å²) in [6, 6.07) is 16.5. The molecule has 0 saturated carbocycles. The minimum atomic E-state index is -0.121. The van der Waals surface area contributed by atoms with Gasteiger partial charge < -0.3 is 4.74 Å². The molecule has 0 bridgehead atoms. The Morgan fingerprint density at radius 1 is 1.00 bits per heavy atom. The van der Waals surface area contributed by atoms with Crippen LogP contribution in [-0.4, -0.2) is 7.11 Å². The van der Waals surface area contributed by atoms with E-state index in [-0.39, 0.29) is 5.38 Å². The van der Waals surface area contributed by atoms with Gasteiger partial charge in [0.1, 0.15) is 5.75 Å². The Morgan fingerprint density at radius 2 is 1.75 bits per heavy atom. The molecule has 0 amide bonds. The van der Waals surface area contributed by atoms with Crippen LogP contribution in [0.4, 0.5) is 0 Å². The highest BCUT2D eigenvalue weighted by Crippen LogP contribution is 2.39. The second-order valence-corrected chi connectivity index (χ2v) is 6.47. The number of fused-ring (bicyclic) bond motifs is 1. The van der Waals surface area contributed by atoms with Crippen LogP contribution in [0.1, 0.15) is 20.7 Å². The fraction of sp³-hybridized carbons (Fsp3) is 0.176. The number of benzene rings is 2. The molecule has 0 aliphatic rings. The molecule has 3 rings (SSSR count). The van der Waals surface area contributed by atoms with Crippen LogP contribution in [0.5, 0.6) is 5.75 Å². The normalized spacial score (nSPS) is 12.6. The maximum absolute atomic E-state index is 6.69. The summed E-state index contributed by atoms with van der Waals surface area (Å²) in [5.74, 6) is 0.885. The third kappa shape index (κ3) is 2.30. The molecule has 102 valence electrons. The lowest BCUT2D eigenvalue weighted by molar-refractivity contribution is 0.419. The Hall–Kier alpha value is -1.51. The Balaban J connectivity index is 2.17. The third-order valence-corrected chi connectivity index (χ3v) is 5.09. The molecule has 3 aromatic rings. The Bertz CT molecular complexity index is 748. The van der Waals surface area contributed by atoms with E-state index in [1.807, 2.05) is 18.2 Å². The van der Waals surface area contributed by atoms with Crippen LogP contribution in [0, 0.1) is 6.92 Å². The van der Waals surface area contributed by atoms with E-state index < -0.39 is 0 Å². The largest absolute Gasteiger partial charge is 0.496 e. The number of ether oxygens (including phenoxy) is 1. The maximum Gasteiger partial charge on any atom is 0.126 e. The van der Waals surface area contributed by atoms with Crippen LogP contribution in [0.3, 0.4) is 0 Å². The summed E-state index contributed by atoms with van der Waals surface area (Å²) in [6.45, 7) is 2.10. The van der Waals surface area contributed by atoms with Crippen molar-refractivity contribution < 1.29 is 4.74 Å². The van der Waals surface area contributed by atoms with Crippen molar-refractivity contribution in [2.24, 2.45) is 0 Å². The number of halogens is 1. The molecule has 1 heterocycles. The minimum absolute atomic E-state index is 0.121. The molecule has 1 unspecified atom stereocenters. The molecule has 0 aliphatic heterocycles. The standard InChI is InChI=1S/C17H15ClOS/c1-11-7-10-16(20-11)17(18)14-8-9-15(19-2)13-6-4-3-5-12(13)14/h3-10,17H,1-2H3. The molecule has 0 aliphatic carbocycles. The minimum Gasteiger partial charge on any atom is -0.496 e. The van der Waals surface area contributed by atoms with Crippen LogP contribution in [0.25, 0.3) is 10.8 Å². The summed E-state index contributed by atoms with van der Waals surface area (Å²) in [7, 11) is 1.70. The topological polar surface area (TPSA) is 9.23 Å². The molecule has 0 radical (unpaired) electrons. The van der Waals surface area contributed by atoms with E-state index >= 15 is 0 Å². The number of alkyl halides is 1. The van der Waals surface area contributed by atoms with Crippen molar-refractivity contribution in [3.63, 3.8) is 0 Å². The number of hydrogen-bond acceptors (Lipinski definition) is 2. The smallest absolute Gasteiger partial charge is 0.126 e. The van der Waals surface area contributed by atoms with Crippen molar-refractivity contribution in [1.29, 1.82) is 0 Å². The van der Waals surface area contributed by atoms with Gasteiger partial charge in [-0.15, -0.1) is 22.9 Å². The lowest BCUT2D eigenvalue weighted by atomic mass is 10.0. The van der Waals surface area contributed by atoms with Gasteiger partial charge in [0, 0.05) is 15.1 Å². The zero-order valence-electron chi connectivity index (χ0n) is 11.4. The fourth-order valence-corrected chi connectivity index (χ4v) is 3.71. The van der Waals surface area contributed by atoms with Gasteiger partial charge in [-0.2, -0.15) is 0 Å². The Morgan fingerprint density at radius 3 is 2.40 bits per heavy atom. The molecule has 0 saturated heterocycles. The van der Waals surface area contributed by atoms with Gasteiger partial charge in [0.15, 0.2) is 0 Å². The van der Waals surface area contributed by atoms with Gasteiger partial charge in [0.05, 0.1) is 12.5 Å². The van der Waals surface area contributed by atoms with Crippen LogP contribution in [0.15, 0.2) is 48.5 Å². The lowest BCUT2D eigenvalue weighted by Gasteiger charge is -2.14. The molecule has 0 fully saturated rings. The van der Waals surface area contributed by atoms with E-state index in [9.17, 15) is 0 Å². The predicted molar refractivity (Wildman–Crippen MR) is 87.3 cm³/mol. The van der Waals surface area contributed by atoms with Gasteiger partial charge in [-0.1, -0.05) is 30.3 Å². The highest BCUT2D eigenvalue weighted by molar-refractivity contribution is 7.12. The van der Waals surface area contributed by atoms with Crippen molar-refractivity contribution >= 4 is 33.7 Å². The zero-order valence-corrected chi connectivity index (χ0v) is 13.0. The first-order valence-corrected chi connectivity index (χ1v) is 7.72. The first kappa shape index (κ1) is 13.5. The van der Waals surface area contributed by atoms with Crippen LogP contribution in [-0.2, 0) is 0 Å². The van der Waals surface area contributed by atoms with Crippen molar-refractivity contribution in [2.45, 2.75) is 12.3 Å². The highest BCUT2D eigenvalue weighted by atomic mass is 35.5. The average Bonchev–Trinajstić information content (AvgIpc) is 2.92. The summed E-state index contributed by atoms with van der Waals surface area (Å²) >= 11 is 8.44. The summed E-state index contributed by atoms with van der Waals surface area (Å²) in [6.07, 6.45) is 0. The summed E-state index contributed by atoms with van der Waals surface area (Å²) < 4.78 is 5.43. The van der Waals surface area contributed by atoms with E-state index in [2.05, 4.69) is 37.3 Å². The second kappa shape index (κ2) is 5.47. The van der Waals surface area contributed by atoms with Crippen molar-refractivity contribution in [3.8, 4) is 5.75 Å². The first-order chi connectivity index (χ1) is 9.70. The summed E-state index contributed by atoms with van der Waals surface area (Å²) in [5, 5.41) is 2.13. The fourth-order valence-electron chi connectivity index (χ4n) is 2.44. The van der Waals surface area contributed by atoms with E-state index in [0.717, 1.165) is 22.1 Å². The molecule has 1 nitrogen and oxygen atoms in total. The molecule has 0 spiro atoms. The Kier molecular flexibility index (Phi) is 3.68. The van der Waals surface area contributed by atoms with E-state index in [1.54, 1.807) is 18.4 Å². The lowest BCUT2D eigenvalue weighted by Crippen LogP contribution is -1.94. The van der Waals surface area contributed by atoms with E-state index in [4.69, 9.17) is 16.3 Å². The first-order valence-electron chi connectivity index (χ1n) is 6.46. The molecule has 1 atom stereocenters. The van der Waals surface area contributed by atoms with Gasteiger partial charge in [-0.05, 0) is 36.1 Å². The van der Waals surface area contributed by atoms with E-state index in [1.165, 1.54) is 9.75 Å². The maximum atomic E-state index is 6.69. The van der Waals surface area contributed by atoms with Gasteiger partial charge in [0.25, 0.3) is 0 Å². The third-order valence-electron chi connectivity index (χ3n) is 3.42. The van der Waals surface area contributed by atoms with Crippen molar-refractivity contribution in [1.82, 2.24) is 0 Å². The SMILES string of the molecule is COc1ccc(C(Cl)c2ccc(C)s2)c2ccccc12. The van der Waals surface area contributed by atoms with E-state index in [0.29, 0.717) is 0 Å². The molecular weight excluding hydrogens is 288 g/mol. The van der Waals surface area contributed by atoms with Crippen LogP contribution < -0.4 is 4.74 Å². The molecule has 0 N–H and O–H groups in total. The monoisotopic (exact) mass is 302 g/mol. The number of hydrogen-bond donors (Lipinski definition) is 0. The number of methoxy groups -OCH3 is 1. The van der Waals surface area contributed by atoms with Crippen molar-refractivity contribution in [2.75, 3.05) is 7.11 Å². The van der Waals surface area contributed by atoms with Crippen molar-refractivity contribution in [3.05, 3.63) is 63.8 Å². The summed E-state index contributed by atoms with van der Waals surface area (Å²) in [5.41, 5.74) is 1.13. The highest BCUT2D eigenvalue weighted by Gasteiger charge is 2.16. The predicted octanol–water partition coefficient (Wildman–Crippen LogP) is 5.55. The number of aryl methyl sites for hydroxylation is 1. The van der Waals surface area contributed by atoms with Crippen LogP contribution >= 0.6 is 22.9 Å². The number of rotatable bonds is 3. The summed E-state index contributed by atoms with van der Waals surface area (Å²) in [4.78, 5) is 2.46. The zero-order chi connectivity index (χ0) is 14.1. The number of thiophene rings is 1. The Labute approximate surface area is 127 Å². The molecule has 1 aromatic heterocycles. The molecular formula is C17H15ClOS. The van der Waals surface area contributed by atoms with Gasteiger partial charge in [-0.25, -0.2) is 0 Å². The van der Waals surface area contributed by atoms with Gasteiger partial charge in [0.2, 0.25) is 0 Å². The molecule has 2 aromatic carbocycles. The molecule has 20 heavy (non-hydrogen) atoms. The van der Waals surface area contributed by atoms with Crippen LogP contribution in [0.2, 0.25) is 0 Å². The van der Waals surface area contributed by atoms with Gasteiger partial charge in [-0.3, -0.25) is 0 Å². The average molecular weight is 303 g/mol. The second-order valence-electron chi connectivity index (χ2n) is 4.71. The molecule has 3 heteroatoms.